The third kappa shape index (κ3) is 3.93. The van der Waals surface area contributed by atoms with E-state index in [1.165, 1.54) is 0 Å². The number of aromatic amines is 1. The number of benzene rings is 3. The lowest BCUT2D eigenvalue weighted by molar-refractivity contribution is 0.0742. The summed E-state index contributed by atoms with van der Waals surface area (Å²) in [5.74, 6) is -0.254. The van der Waals surface area contributed by atoms with Gasteiger partial charge in [-0.25, -0.2) is 4.98 Å². The molecule has 30 heavy (non-hydrogen) atoms. The Kier molecular flexibility index (Phi) is 5.30. The second-order valence-electron chi connectivity index (χ2n) is 7.17. The Balaban J connectivity index is 1.51. The molecule has 0 fully saturated rings. The second kappa shape index (κ2) is 8.21. The highest BCUT2D eigenvalue weighted by atomic mass is 16.2. The Morgan fingerprint density at radius 2 is 1.77 bits per heavy atom. The summed E-state index contributed by atoms with van der Waals surface area (Å²) in [6.07, 6.45) is 1.61. The highest BCUT2D eigenvalue weighted by Gasteiger charge is 2.20. The normalized spacial score (nSPS) is 11.8. The van der Waals surface area contributed by atoms with Crippen molar-refractivity contribution in [3.63, 3.8) is 0 Å². The lowest BCUT2D eigenvalue weighted by Crippen LogP contribution is -2.29. The Bertz CT molecular complexity index is 1200. The average Bonchev–Trinajstić information content (AvgIpc) is 3.26. The first-order valence-corrected chi connectivity index (χ1v) is 9.69. The Morgan fingerprint density at radius 3 is 2.57 bits per heavy atom. The molecule has 0 aliphatic rings. The van der Waals surface area contributed by atoms with Gasteiger partial charge in [0.2, 0.25) is 0 Å². The van der Waals surface area contributed by atoms with Gasteiger partial charge in [-0.05, 0) is 55.0 Å². The smallest absolute Gasteiger partial charge is 0.255 e. The molecule has 0 radical (unpaired) electrons. The molecule has 4 rings (SSSR count). The van der Waals surface area contributed by atoms with Crippen molar-refractivity contribution in [2.24, 2.45) is 0 Å². The number of nitrogens with one attached hydrogen (secondary N) is 2. The molecule has 0 aliphatic carbocycles. The SMILES string of the molecule is CC(c1cccc(NC(=O)c2ccccc2)c1)N(C)C(=O)c1ccc2nc[nH]c2c1. The van der Waals surface area contributed by atoms with Crippen LogP contribution in [-0.4, -0.2) is 33.7 Å². The summed E-state index contributed by atoms with van der Waals surface area (Å²) >= 11 is 0. The van der Waals surface area contributed by atoms with Crippen LogP contribution in [0.2, 0.25) is 0 Å². The van der Waals surface area contributed by atoms with Gasteiger partial charge in [0.1, 0.15) is 0 Å². The maximum absolute atomic E-state index is 13.0. The molecule has 1 heterocycles. The second-order valence-corrected chi connectivity index (χ2v) is 7.17. The van der Waals surface area contributed by atoms with Gasteiger partial charge >= 0.3 is 0 Å². The minimum atomic E-state index is -0.177. The van der Waals surface area contributed by atoms with Crippen molar-refractivity contribution < 1.29 is 9.59 Å². The Hall–Kier alpha value is -3.93. The molecule has 4 aromatic rings. The van der Waals surface area contributed by atoms with Crippen LogP contribution in [0.1, 0.15) is 39.2 Å². The van der Waals surface area contributed by atoms with Gasteiger partial charge in [0.05, 0.1) is 23.4 Å². The summed E-state index contributed by atoms with van der Waals surface area (Å²) in [4.78, 5) is 34.3. The van der Waals surface area contributed by atoms with Gasteiger partial charge in [0.25, 0.3) is 11.8 Å². The maximum atomic E-state index is 13.0. The molecule has 1 aromatic heterocycles. The van der Waals surface area contributed by atoms with Crippen LogP contribution in [0, 0.1) is 0 Å². The molecule has 0 saturated heterocycles. The van der Waals surface area contributed by atoms with Crippen LogP contribution in [0.5, 0.6) is 0 Å². The van der Waals surface area contributed by atoms with E-state index in [0.29, 0.717) is 16.8 Å². The van der Waals surface area contributed by atoms with Crippen molar-refractivity contribution >= 4 is 28.5 Å². The zero-order valence-corrected chi connectivity index (χ0v) is 16.8. The molecule has 150 valence electrons. The molecule has 3 aromatic carbocycles. The van der Waals surface area contributed by atoms with Crippen molar-refractivity contribution in [2.75, 3.05) is 12.4 Å². The van der Waals surface area contributed by atoms with Crippen LogP contribution < -0.4 is 5.32 Å². The van der Waals surface area contributed by atoms with Gasteiger partial charge in [-0.15, -0.1) is 0 Å². The van der Waals surface area contributed by atoms with E-state index < -0.39 is 0 Å². The van der Waals surface area contributed by atoms with Crippen LogP contribution >= 0.6 is 0 Å². The van der Waals surface area contributed by atoms with E-state index >= 15 is 0 Å². The first kappa shape index (κ1) is 19.4. The molecule has 1 atom stereocenters. The lowest BCUT2D eigenvalue weighted by atomic mass is 10.0. The highest BCUT2D eigenvalue weighted by molar-refractivity contribution is 6.04. The number of carbonyl (C=O) groups excluding carboxylic acids is 2. The number of imidazole rings is 1. The monoisotopic (exact) mass is 398 g/mol. The zero-order valence-electron chi connectivity index (χ0n) is 16.8. The van der Waals surface area contributed by atoms with Crippen LogP contribution in [-0.2, 0) is 0 Å². The molecule has 6 heteroatoms. The first-order valence-electron chi connectivity index (χ1n) is 9.69. The van der Waals surface area contributed by atoms with Gasteiger partial charge in [-0.2, -0.15) is 0 Å². The minimum absolute atomic E-state index is 0.0854. The number of fused-ring (bicyclic) bond motifs is 1. The summed E-state index contributed by atoms with van der Waals surface area (Å²) in [6.45, 7) is 1.96. The Labute approximate surface area is 174 Å². The van der Waals surface area contributed by atoms with Crippen molar-refractivity contribution in [1.29, 1.82) is 0 Å². The molecule has 0 bridgehead atoms. The van der Waals surface area contributed by atoms with Crippen LogP contribution in [0.4, 0.5) is 5.69 Å². The van der Waals surface area contributed by atoms with Crippen LogP contribution in [0.3, 0.4) is 0 Å². The quantitative estimate of drug-likeness (QED) is 0.514. The van der Waals surface area contributed by atoms with E-state index in [2.05, 4.69) is 15.3 Å². The molecule has 0 saturated carbocycles. The average molecular weight is 398 g/mol. The van der Waals surface area contributed by atoms with E-state index in [0.717, 1.165) is 16.6 Å². The maximum Gasteiger partial charge on any atom is 0.255 e. The molecule has 2 amide bonds. The van der Waals surface area contributed by atoms with Crippen LogP contribution in [0.25, 0.3) is 11.0 Å². The number of amides is 2. The van der Waals surface area contributed by atoms with Gasteiger partial charge < -0.3 is 15.2 Å². The zero-order chi connectivity index (χ0) is 21.1. The van der Waals surface area contributed by atoms with E-state index in [1.54, 1.807) is 36.5 Å². The van der Waals surface area contributed by atoms with Crippen LogP contribution in [0.15, 0.2) is 79.1 Å². The van der Waals surface area contributed by atoms with E-state index in [9.17, 15) is 9.59 Å². The molecule has 6 nitrogen and oxygen atoms in total. The number of aromatic nitrogens is 2. The third-order valence-corrected chi connectivity index (χ3v) is 5.23. The molecular formula is C24H22N4O2. The van der Waals surface area contributed by atoms with E-state index in [4.69, 9.17) is 0 Å². The highest BCUT2D eigenvalue weighted by Crippen LogP contribution is 2.24. The number of rotatable bonds is 5. The van der Waals surface area contributed by atoms with Gasteiger partial charge in [-0.1, -0.05) is 30.3 Å². The van der Waals surface area contributed by atoms with Gasteiger partial charge in [0.15, 0.2) is 0 Å². The summed E-state index contributed by atoms with van der Waals surface area (Å²) < 4.78 is 0. The lowest BCUT2D eigenvalue weighted by Gasteiger charge is -2.26. The number of carbonyl (C=O) groups is 2. The van der Waals surface area contributed by atoms with Crippen molar-refractivity contribution in [2.45, 2.75) is 13.0 Å². The topological polar surface area (TPSA) is 78.1 Å². The van der Waals surface area contributed by atoms with E-state index in [-0.39, 0.29) is 17.9 Å². The number of H-pyrrole nitrogens is 1. The summed E-state index contributed by atoms with van der Waals surface area (Å²) in [5.41, 5.74) is 4.45. The number of nitrogens with zero attached hydrogens (tertiary/aromatic N) is 2. The van der Waals surface area contributed by atoms with Gasteiger partial charge in [-0.3, -0.25) is 9.59 Å². The summed E-state index contributed by atoms with van der Waals surface area (Å²) in [6, 6.07) is 21.9. The number of hydrogen-bond donors (Lipinski definition) is 2. The first-order chi connectivity index (χ1) is 14.5. The molecular weight excluding hydrogens is 376 g/mol. The summed E-state index contributed by atoms with van der Waals surface area (Å²) in [7, 11) is 1.78. The molecule has 0 spiro atoms. The third-order valence-electron chi connectivity index (χ3n) is 5.23. The fraction of sp³-hybridized carbons (Fsp3) is 0.125. The number of hydrogen-bond acceptors (Lipinski definition) is 3. The minimum Gasteiger partial charge on any atom is -0.345 e. The van der Waals surface area contributed by atoms with Crippen molar-refractivity contribution in [3.8, 4) is 0 Å². The molecule has 1 unspecified atom stereocenters. The predicted octanol–water partition coefficient (Wildman–Crippen LogP) is 4.65. The van der Waals surface area contributed by atoms with Crippen molar-refractivity contribution in [1.82, 2.24) is 14.9 Å². The fourth-order valence-electron chi connectivity index (χ4n) is 3.34. The summed E-state index contributed by atoms with van der Waals surface area (Å²) in [5, 5.41) is 2.92. The Morgan fingerprint density at radius 1 is 0.967 bits per heavy atom. The largest absolute Gasteiger partial charge is 0.345 e. The van der Waals surface area contributed by atoms with Gasteiger partial charge in [0, 0.05) is 23.9 Å². The van der Waals surface area contributed by atoms with Crippen molar-refractivity contribution in [3.05, 3.63) is 95.8 Å². The van der Waals surface area contributed by atoms with E-state index in [1.807, 2.05) is 61.5 Å². The predicted molar refractivity (Wildman–Crippen MR) is 117 cm³/mol. The molecule has 2 N–H and O–H groups in total. The standard InChI is InChI=1S/C24H22N4O2/c1-16(28(2)24(30)19-11-12-21-22(14-19)26-15-25-21)18-9-6-10-20(13-18)27-23(29)17-7-4-3-5-8-17/h3-16H,1-2H3,(H,25,26)(H,27,29). The fourth-order valence-corrected chi connectivity index (χ4v) is 3.34. The number of anilines is 1. The molecule has 0 aliphatic heterocycles.